The second-order valence-corrected chi connectivity index (χ2v) is 5.48. The van der Waals surface area contributed by atoms with Crippen molar-refractivity contribution in [2.24, 2.45) is 7.05 Å². The summed E-state index contributed by atoms with van der Waals surface area (Å²) in [7, 11) is 3.72. The van der Waals surface area contributed by atoms with Crippen LogP contribution in [0.4, 0.5) is 0 Å². The van der Waals surface area contributed by atoms with Crippen LogP contribution in [-0.2, 0) is 7.05 Å². The zero-order valence-corrected chi connectivity index (χ0v) is 12.5. The molecule has 0 bridgehead atoms. The third-order valence-electron chi connectivity index (χ3n) is 4.01. The van der Waals surface area contributed by atoms with E-state index >= 15 is 0 Å². The maximum Gasteiger partial charge on any atom is 0.177 e. The van der Waals surface area contributed by atoms with Crippen molar-refractivity contribution in [2.75, 3.05) is 7.11 Å². The highest BCUT2D eigenvalue weighted by molar-refractivity contribution is 7.71. The number of aromatic amines is 1. The van der Waals surface area contributed by atoms with Crippen molar-refractivity contribution in [2.45, 2.75) is 18.8 Å². The predicted octanol–water partition coefficient (Wildman–Crippen LogP) is 4.05. The van der Waals surface area contributed by atoms with E-state index in [2.05, 4.69) is 27.8 Å². The number of H-pyrrole nitrogens is 1. The van der Waals surface area contributed by atoms with Gasteiger partial charge in [-0.3, -0.25) is 0 Å². The Labute approximate surface area is 123 Å². The number of methoxy groups -OCH3 is 1. The molecule has 1 aliphatic carbocycles. The molecule has 3 nitrogen and oxygen atoms in total. The summed E-state index contributed by atoms with van der Waals surface area (Å²) >= 11 is 5.27. The molecule has 2 aromatic rings. The summed E-state index contributed by atoms with van der Waals surface area (Å²) in [5.74, 6) is 1.31. The maximum absolute atomic E-state index is 5.27. The van der Waals surface area contributed by atoms with Crippen LogP contribution in [0.3, 0.4) is 0 Å². The molecule has 4 heteroatoms. The molecule has 0 saturated carbocycles. The summed E-state index contributed by atoms with van der Waals surface area (Å²) in [6.45, 7) is 0. The van der Waals surface area contributed by atoms with Crippen LogP contribution in [0.15, 0.2) is 36.5 Å². The number of hydrogen-bond donors (Lipinski definition) is 1. The van der Waals surface area contributed by atoms with Gasteiger partial charge in [-0.2, -0.15) is 0 Å². The van der Waals surface area contributed by atoms with Crippen molar-refractivity contribution >= 4 is 17.8 Å². The first-order chi connectivity index (χ1) is 9.70. The highest BCUT2D eigenvalue weighted by Gasteiger charge is 2.24. The van der Waals surface area contributed by atoms with Crippen molar-refractivity contribution in [3.8, 4) is 5.75 Å². The van der Waals surface area contributed by atoms with Crippen molar-refractivity contribution in [1.82, 2.24) is 9.55 Å². The van der Waals surface area contributed by atoms with Crippen LogP contribution < -0.4 is 4.74 Å². The molecule has 1 unspecified atom stereocenters. The minimum Gasteiger partial charge on any atom is -0.497 e. The largest absolute Gasteiger partial charge is 0.497 e. The molecule has 0 amide bonds. The van der Waals surface area contributed by atoms with Crippen molar-refractivity contribution in [1.29, 1.82) is 0 Å². The van der Waals surface area contributed by atoms with E-state index in [0.29, 0.717) is 5.92 Å². The number of allylic oxidation sites excluding steroid dienone is 2. The van der Waals surface area contributed by atoms with E-state index in [0.717, 1.165) is 23.4 Å². The average molecular weight is 286 g/mol. The molecule has 104 valence electrons. The topological polar surface area (TPSA) is 29.9 Å². The number of nitrogens with one attached hydrogen (secondary N) is 1. The number of nitrogens with zero attached hydrogens (tertiary/aromatic N) is 1. The summed E-state index contributed by atoms with van der Waals surface area (Å²) in [5.41, 5.74) is 3.91. The highest BCUT2D eigenvalue weighted by atomic mass is 32.1. The fraction of sp³-hybridized carbons (Fsp3) is 0.312. The Morgan fingerprint density at radius 3 is 2.65 bits per heavy atom. The SMILES string of the molecule is COc1ccc(C2=CCCC2c2c[nH]c(=S)n2C)cc1. The van der Waals surface area contributed by atoms with Gasteiger partial charge in [0.25, 0.3) is 0 Å². The molecule has 0 fully saturated rings. The molecule has 20 heavy (non-hydrogen) atoms. The quantitative estimate of drug-likeness (QED) is 0.863. The van der Waals surface area contributed by atoms with Crippen LogP contribution in [0, 0.1) is 4.77 Å². The lowest BCUT2D eigenvalue weighted by atomic mass is 9.92. The third-order valence-corrected chi connectivity index (χ3v) is 4.40. The van der Waals surface area contributed by atoms with Gasteiger partial charge in [0.1, 0.15) is 5.75 Å². The molecule has 1 N–H and O–H groups in total. The summed E-state index contributed by atoms with van der Waals surface area (Å²) in [5, 5.41) is 0. The minimum absolute atomic E-state index is 0.418. The van der Waals surface area contributed by atoms with Crippen LogP contribution in [-0.4, -0.2) is 16.7 Å². The Bertz CT molecular complexity index is 694. The van der Waals surface area contributed by atoms with E-state index in [1.165, 1.54) is 16.8 Å². The summed E-state index contributed by atoms with van der Waals surface area (Å²) in [6.07, 6.45) is 6.63. The molecule has 0 radical (unpaired) electrons. The summed E-state index contributed by atoms with van der Waals surface area (Å²) in [4.78, 5) is 3.13. The smallest absolute Gasteiger partial charge is 0.177 e. The van der Waals surface area contributed by atoms with E-state index in [1.54, 1.807) is 7.11 Å². The fourth-order valence-corrected chi connectivity index (χ4v) is 3.06. The standard InChI is InChI=1S/C16H18N2OS/c1-18-15(10-17-16(18)20)14-5-3-4-13(14)11-6-8-12(19-2)9-7-11/h4,6-10,14H,3,5H2,1-2H3,(H,17,20). The maximum atomic E-state index is 5.27. The van der Waals surface area contributed by atoms with Gasteiger partial charge in [-0.25, -0.2) is 0 Å². The van der Waals surface area contributed by atoms with Crippen LogP contribution >= 0.6 is 12.2 Å². The van der Waals surface area contributed by atoms with Gasteiger partial charge in [-0.15, -0.1) is 0 Å². The Morgan fingerprint density at radius 1 is 1.30 bits per heavy atom. The molecule has 3 rings (SSSR count). The molecule has 1 aromatic heterocycles. The van der Waals surface area contributed by atoms with E-state index in [4.69, 9.17) is 17.0 Å². The van der Waals surface area contributed by atoms with E-state index < -0.39 is 0 Å². The second kappa shape index (κ2) is 5.29. The van der Waals surface area contributed by atoms with Crippen LogP contribution in [0.1, 0.15) is 30.0 Å². The van der Waals surface area contributed by atoms with Gasteiger partial charge in [0.15, 0.2) is 4.77 Å². The molecule has 0 aliphatic heterocycles. The fourth-order valence-electron chi connectivity index (χ4n) is 2.89. The Balaban J connectivity index is 1.96. The number of hydrogen-bond acceptors (Lipinski definition) is 2. The zero-order valence-electron chi connectivity index (χ0n) is 11.7. The van der Waals surface area contributed by atoms with Crippen LogP contribution in [0.5, 0.6) is 5.75 Å². The van der Waals surface area contributed by atoms with E-state index in [9.17, 15) is 0 Å². The number of ether oxygens (including phenoxy) is 1. The van der Waals surface area contributed by atoms with Gasteiger partial charge in [0, 0.05) is 24.9 Å². The number of aromatic nitrogens is 2. The molecule has 1 atom stereocenters. The second-order valence-electron chi connectivity index (χ2n) is 5.10. The van der Waals surface area contributed by atoms with Crippen molar-refractivity contribution in [3.05, 3.63) is 52.6 Å². The molecule has 1 heterocycles. The first kappa shape index (κ1) is 13.2. The molecule has 0 saturated heterocycles. The van der Waals surface area contributed by atoms with Crippen LogP contribution in [0.2, 0.25) is 0 Å². The van der Waals surface area contributed by atoms with Crippen LogP contribution in [0.25, 0.3) is 5.57 Å². The monoisotopic (exact) mass is 286 g/mol. The number of rotatable bonds is 3. The first-order valence-electron chi connectivity index (χ1n) is 6.79. The highest BCUT2D eigenvalue weighted by Crippen LogP contribution is 2.41. The van der Waals surface area contributed by atoms with E-state index in [-0.39, 0.29) is 0 Å². The van der Waals surface area contributed by atoms with E-state index in [1.807, 2.05) is 25.4 Å². The lowest BCUT2D eigenvalue weighted by molar-refractivity contribution is 0.415. The first-order valence-corrected chi connectivity index (χ1v) is 7.20. The molecule has 0 spiro atoms. The van der Waals surface area contributed by atoms with Gasteiger partial charge >= 0.3 is 0 Å². The third kappa shape index (κ3) is 2.20. The Hall–Kier alpha value is -1.81. The molecular weight excluding hydrogens is 268 g/mol. The summed E-state index contributed by atoms with van der Waals surface area (Å²) < 4.78 is 8.07. The normalized spacial score (nSPS) is 18.1. The van der Waals surface area contributed by atoms with Crippen molar-refractivity contribution < 1.29 is 4.74 Å². The predicted molar refractivity (Wildman–Crippen MR) is 83.5 cm³/mol. The number of benzene rings is 1. The lowest BCUT2D eigenvalue weighted by Gasteiger charge is -2.16. The Morgan fingerprint density at radius 2 is 2.05 bits per heavy atom. The molecule has 1 aliphatic rings. The molecular formula is C16H18N2OS. The molecule has 1 aromatic carbocycles. The van der Waals surface area contributed by atoms with Gasteiger partial charge in [-0.1, -0.05) is 18.2 Å². The zero-order chi connectivity index (χ0) is 14.1. The lowest BCUT2D eigenvalue weighted by Crippen LogP contribution is -2.04. The van der Waals surface area contributed by atoms with Gasteiger partial charge in [-0.05, 0) is 48.3 Å². The van der Waals surface area contributed by atoms with Crippen molar-refractivity contribution in [3.63, 3.8) is 0 Å². The average Bonchev–Trinajstić information content (AvgIpc) is 3.07. The van der Waals surface area contributed by atoms with Gasteiger partial charge in [0.05, 0.1) is 7.11 Å². The van der Waals surface area contributed by atoms with Gasteiger partial charge in [0.2, 0.25) is 0 Å². The summed E-state index contributed by atoms with van der Waals surface area (Å²) in [6, 6.07) is 8.29. The minimum atomic E-state index is 0.418. The Kier molecular flexibility index (Phi) is 3.49. The number of imidazole rings is 1. The van der Waals surface area contributed by atoms with Gasteiger partial charge < -0.3 is 14.3 Å².